The third-order valence-electron chi connectivity index (χ3n) is 3.24. The summed E-state index contributed by atoms with van der Waals surface area (Å²) in [6.07, 6.45) is 5.66. The maximum atomic E-state index is 14.9. The average Bonchev–Trinajstić information content (AvgIpc) is 3.07. The number of halogens is 1. The van der Waals surface area contributed by atoms with E-state index in [0.29, 0.717) is 10.6 Å². The van der Waals surface area contributed by atoms with Crippen molar-refractivity contribution in [3.63, 3.8) is 0 Å². The molecule has 3 rings (SSSR count). The SMILES string of the molecule is CSc1c(F)c(N(C)C)c2[nH]ncc2c1N1C=CSC1. The van der Waals surface area contributed by atoms with E-state index in [-0.39, 0.29) is 5.82 Å². The van der Waals surface area contributed by atoms with Crippen molar-refractivity contribution < 1.29 is 4.39 Å². The summed E-state index contributed by atoms with van der Waals surface area (Å²) in [7, 11) is 3.68. The van der Waals surface area contributed by atoms with Gasteiger partial charge in [-0.3, -0.25) is 5.10 Å². The van der Waals surface area contributed by atoms with E-state index in [1.54, 1.807) is 22.9 Å². The Labute approximate surface area is 125 Å². The fourth-order valence-corrected chi connectivity index (χ4v) is 3.79. The second-order valence-electron chi connectivity index (χ2n) is 4.65. The molecule has 106 valence electrons. The van der Waals surface area contributed by atoms with Crippen LogP contribution in [0.2, 0.25) is 0 Å². The number of aromatic amines is 1. The molecule has 2 aromatic rings. The fourth-order valence-electron chi connectivity index (χ4n) is 2.40. The van der Waals surface area contributed by atoms with Crippen molar-refractivity contribution in [3.05, 3.63) is 23.6 Å². The highest BCUT2D eigenvalue weighted by atomic mass is 32.2. The van der Waals surface area contributed by atoms with E-state index in [1.165, 1.54) is 11.8 Å². The Hall–Kier alpha value is -1.34. The summed E-state index contributed by atoms with van der Waals surface area (Å²) in [6.45, 7) is 0. The van der Waals surface area contributed by atoms with Gasteiger partial charge in [-0.2, -0.15) is 5.10 Å². The Morgan fingerprint density at radius 3 is 2.90 bits per heavy atom. The molecule has 0 spiro atoms. The molecule has 0 aliphatic carbocycles. The number of H-pyrrole nitrogens is 1. The number of hydrogen-bond donors (Lipinski definition) is 1. The van der Waals surface area contributed by atoms with Crippen LogP contribution in [0.15, 0.2) is 22.7 Å². The summed E-state index contributed by atoms with van der Waals surface area (Å²) in [4.78, 5) is 4.51. The Morgan fingerprint density at radius 1 is 1.50 bits per heavy atom. The van der Waals surface area contributed by atoms with Crippen molar-refractivity contribution in [3.8, 4) is 0 Å². The summed E-state index contributed by atoms with van der Waals surface area (Å²) in [5.74, 6) is 0.605. The number of thioether (sulfide) groups is 2. The van der Waals surface area contributed by atoms with Crippen LogP contribution in [0.5, 0.6) is 0 Å². The monoisotopic (exact) mass is 310 g/mol. The van der Waals surface area contributed by atoms with Gasteiger partial charge < -0.3 is 9.80 Å². The molecule has 7 heteroatoms. The Kier molecular flexibility index (Phi) is 3.55. The molecule has 1 aromatic heterocycles. The Bertz CT molecular complexity index is 681. The minimum atomic E-state index is -0.195. The quantitative estimate of drug-likeness (QED) is 0.878. The molecule has 0 atom stereocenters. The van der Waals surface area contributed by atoms with Crippen LogP contribution < -0.4 is 9.80 Å². The summed E-state index contributed by atoms with van der Waals surface area (Å²) < 4.78 is 14.9. The third-order valence-corrected chi connectivity index (χ3v) is 4.77. The predicted octanol–water partition coefficient (Wildman–Crippen LogP) is 3.47. The average molecular weight is 310 g/mol. The lowest BCUT2D eigenvalue weighted by Crippen LogP contribution is -2.16. The van der Waals surface area contributed by atoms with Gasteiger partial charge >= 0.3 is 0 Å². The van der Waals surface area contributed by atoms with Crippen LogP contribution in [0.1, 0.15) is 0 Å². The van der Waals surface area contributed by atoms with E-state index in [0.717, 1.165) is 22.5 Å². The van der Waals surface area contributed by atoms with Crippen LogP contribution in [0.25, 0.3) is 10.9 Å². The van der Waals surface area contributed by atoms with E-state index in [1.807, 2.05) is 32.0 Å². The third kappa shape index (κ3) is 1.96. The number of fused-ring (bicyclic) bond motifs is 1. The number of nitrogens with one attached hydrogen (secondary N) is 1. The van der Waals surface area contributed by atoms with Gasteiger partial charge in [0.15, 0.2) is 5.82 Å². The lowest BCUT2D eigenvalue weighted by Gasteiger charge is -2.23. The number of anilines is 2. The van der Waals surface area contributed by atoms with Gasteiger partial charge in [-0.25, -0.2) is 4.39 Å². The maximum absolute atomic E-state index is 14.9. The molecular formula is C13H15FN4S2. The first-order valence-electron chi connectivity index (χ1n) is 6.10. The molecule has 1 aliphatic rings. The number of rotatable bonds is 3. The molecule has 0 unspecified atom stereocenters. The molecule has 4 nitrogen and oxygen atoms in total. The van der Waals surface area contributed by atoms with Crippen molar-refractivity contribution in [2.45, 2.75) is 4.90 Å². The van der Waals surface area contributed by atoms with Crippen molar-refractivity contribution >= 4 is 45.8 Å². The Balaban J connectivity index is 2.36. The van der Waals surface area contributed by atoms with E-state index < -0.39 is 0 Å². The fraction of sp³-hybridized carbons (Fsp3) is 0.308. The van der Waals surface area contributed by atoms with Crippen LogP contribution in [0.4, 0.5) is 15.8 Å². The predicted molar refractivity (Wildman–Crippen MR) is 86.2 cm³/mol. The molecule has 2 heterocycles. The minimum absolute atomic E-state index is 0.195. The zero-order valence-electron chi connectivity index (χ0n) is 11.5. The molecule has 1 aliphatic heterocycles. The van der Waals surface area contributed by atoms with Gasteiger partial charge in [0.1, 0.15) is 0 Å². The van der Waals surface area contributed by atoms with Gasteiger partial charge in [-0.15, -0.1) is 23.5 Å². The van der Waals surface area contributed by atoms with Gasteiger partial charge in [0.2, 0.25) is 0 Å². The van der Waals surface area contributed by atoms with Crippen molar-refractivity contribution in [1.82, 2.24) is 10.2 Å². The van der Waals surface area contributed by atoms with Crippen LogP contribution in [0.3, 0.4) is 0 Å². The normalized spacial score (nSPS) is 14.5. The van der Waals surface area contributed by atoms with Crippen LogP contribution in [0, 0.1) is 5.82 Å². The number of benzene rings is 1. The molecule has 0 saturated carbocycles. The van der Waals surface area contributed by atoms with E-state index in [4.69, 9.17) is 0 Å². The summed E-state index contributed by atoms with van der Waals surface area (Å²) in [6, 6.07) is 0. The second kappa shape index (κ2) is 5.21. The van der Waals surface area contributed by atoms with Gasteiger partial charge in [0, 0.05) is 25.7 Å². The zero-order chi connectivity index (χ0) is 14.3. The molecule has 0 bridgehead atoms. The largest absolute Gasteiger partial charge is 0.374 e. The topological polar surface area (TPSA) is 35.2 Å². The highest BCUT2D eigenvalue weighted by molar-refractivity contribution is 8.02. The summed E-state index contributed by atoms with van der Waals surface area (Å²) in [5, 5.41) is 10.0. The molecular weight excluding hydrogens is 295 g/mol. The lowest BCUT2D eigenvalue weighted by molar-refractivity contribution is 0.603. The molecule has 0 fully saturated rings. The van der Waals surface area contributed by atoms with E-state index >= 15 is 0 Å². The minimum Gasteiger partial charge on any atom is -0.374 e. The van der Waals surface area contributed by atoms with Gasteiger partial charge in [0.25, 0.3) is 0 Å². The number of hydrogen-bond acceptors (Lipinski definition) is 5. The molecule has 20 heavy (non-hydrogen) atoms. The lowest BCUT2D eigenvalue weighted by atomic mass is 10.1. The molecule has 0 saturated heterocycles. The van der Waals surface area contributed by atoms with Gasteiger partial charge in [0.05, 0.1) is 33.9 Å². The number of aromatic nitrogens is 2. The first-order valence-corrected chi connectivity index (χ1v) is 8.37. The van der Waals surface area contributed by atoms with Gasteiger partial charge in [-0.1, -0.05) is 0 Å². The van der Waals surface area contributed by atoms with Crippen LogP contribution >= 0.6 is 23.5 Å². The smallest absolute Gasteiger partial charge is 0.164 e. The van der Waals surface area contributed by atoms with Crippen molar-refractivity contribution in [2.24, 2.45) is 0 Å². The molecule has 0 amide bonds. The molecule has 0 radical (unpaired) electrons. The number of nitrogens with zero attached hydrogens (tertiary/aromatic N) is 3. The Morgan fingerprint density at radius 2 is 2.30 bits per heavy atom. The molecule has 1 aromatic carbocycles. The highest BCUT2D eigenvalue weighted by Crippen LogP contribution is 2.44. The summed E-state index contributed by atoms with van der Waals surface area (Å²) >= 11 is 3.13. The van der Waals surface area contributed by atoms with E-state index in [2.05, 4.69) is 15.1 Å². The van der Waals surface area contributed by atoms with Crippen LogP contribution in [-0.4, -0.2) is 36.4 Å². The van der Waals surface area contributed by atoms with E-state index in [9.17, 15) is 4.39 Å². The zero-order valence-corrected chi connectivity index (χ0v) is 13.1. The highest BCUT2D eigenvalue weighted by Gasteiger charge is 2.25. The second-order valence-corrected chi connectivity index (χ2v) is 6.33. The molecule has 1 N–H and O–H groups in total. The van der Waals surface area contributed by atoms with Crippen LogP contribution in [-0.2, 0) is 0 Å². The maximum Gasteiger partial charge on any atom is 0.164 e. The first kappa shape index (κ1) is 13.6. The van der Waals surface area contributed by atoms with Gasteiger partial charge in [-0.05, 0) is 11.7 Å². The van der Waals surface area contributed by atoms with Crippen molar-refractivity contribution in [1.29, 1.82) is 0 Å². The summed E-state index contributed by atoms with van der Waals surface area (Å²) in [5.41, 5.74) is 2.19. The first-order chi connectivity index (χ1) is 9.65. The van der Waals surface area contributed by atoms with Crippen molar-refractivity contribution in [2.75, 3.05) is 36.0 Å². The standard InChI is InChI=1S/C13H15FN4S2/c1-17(2)12-9(14)13(19-3)11(18-4-5-20-7-18)8-6-15-16-10(8)12/h4-6H,7H2,1-3H3,(H,15,16).